The van der Waals surface area contributed by atoms with Crippen LogP contribution in [0.25, 0.3) is 0 Å². The zero-order valence-corrected chi connectivity index (χ0v) is 15.3. The molecule has 6 heteroatoms. The Labute approximate surface area is 156 Å². The van der Waals surface area contributed by atoms with Gasteiger partial charge in [0.25, 0.3) is 0 Å². The van der Waals surface area contributed by atoms with E-state index in [1.54, 1.807) is 22.6 Å². The number of amides is 1. The monoisotopic (exact) mass is 371 g/mol. The van der Waals surface area contributed by atoms with Crippen molar-refractivity contribution in [1.29, 1.82) is 0 Å². The van der Waals surface area contributed by atoms with Gasteiger partial charge in [0.15, 0.2) is 0 Å². The van der Waals surface area contributed by atoms with Crippen molar-refractivity contribution in [1.82, 2.24) is 9.78 Å². The number of carbonyl (C=O) groups excluding carboxylic acids is 1. The Morgan fingerprint density at radius 3 is 2.68 bits per heavy atom. The molecular weight excluding hydrogens is 354 g/mol. The molecule has 1 N–H and O–H groups in total. The average Bonchev–Trinajstić information content (AvgIpc) is 3.02. The summed E-state index contributed by atoms with van der Waals surface area (Å²) < 4.78 is 1.78. The molecule has 1 amide bonds. The summed E-state index contributed by atoms with van der Waals surface area (Å²) in [5.74, 6) is -0.0303. The van der Waals surface area contributed by atoms with E-state index in [0.29, 0.717) is 18.0 Å². The topological polar surface area (TPSA) is 46.9 Å². The standard InChI is InChI=1S/C19H18ClN3OS/c1-14-12-21-23(13-14)11-10-19(24)22-17-4-2-3-5-18(17)25-16-8-6-15(20)7-9-16/h2-9,12-13H,10-11H2,1H3,(H,22,24). The van der Waals surface area contributed by atoms with Gasteiger partial charge in [0.05, 0.1) is 11.9 Å². The van der Waals surface area contributed by atoms with Crippen molar-refractivity contribution < 1.29 is 4.79 Å². The van der Waals surface area contributed by atoms with Gasteiger partial charge >= 0.3 is 0 Å². The minimum atomic E-state index is -0.0303. The quantitative estimate of drug-likeness (QED) is 0.661. The van der Waals surface area contributed by atoms with Gasteiger partial charge in [-0.2, -0.15) is 5.10 Å². The Morgan fingerprint density at radius 2 is 1.96 bits per heavy atom. The molecule has 4 nitrogen and oxygen atoms in total. The second kappa shape index (κ2) is 8.23. The maximum Gasteiger partial charge on any atom is 0.226 e. The number of para-hydroxylation sites is 1. The van der Waals surface area contributed by atoms with Crippen LogP contribution in [0.15, 0.2) is 70.7 Å². The first kappa shape index (κ1) is 17.6. The first-order valence-corrected chi connectivity index (χ1v) is 9.11. The number of aryl methyl sites for hydroxylation is 2. The minimum absolute atomic E-state index is 0.0303. The van der Waals surface area contributed by atoms with Gasteiger partial charge in [0.1, 0.15) is 0 Å². The minimum Gasteiger partial charge on any atom is -0.325 e. The summed E-state index contributed by atoms with van der Waals surface area (Å²) in [5, 5.41) is 7.90. The fourth-order valence-electron chi connectivity index (χ4n) is 2.31. The van der Waals surface area contributed by atoms with Gasteiger partial charge < -0.3 is 5.32 Å². The van der Waals surface area contributed by atoms with Crippen molar-refractivity contribution in [2.75, 3.05) is 5.32 Å². The number of nitrogens with zero attached hydrogens (tertiary/aromatic N) is 2. The average molecular weight is 372 g/mol. The number of benzene rings is 2. The highest BCUT2D eigenvalue weighted by atomic mass is 35.5. The Balaban J connectivity index is 1.63. The van der Waals surface area contributed by atoms with E-state index in [2.05, 4.69) is 10.4 Å². The van der Waals surface area contributed by atoms with Crippen molar-refractivity contribution in [3.8, 4) is 0 Å². The number of anilines is 1. The molecule has 0 aliphatic carbocycles. The number of rotatable bonds is 6. The third-order valence-corrected chi connectivity index (χ3v) is 4.87. The van der Waals surface area contributed by atoms with E-state index >= 15 is 0 Å². The van der Waals surface area contributed by atoms with Crippen LogP contribution in [0.3, 0.4) is 0 Å². The van der Waals surface area contributed by atoms with Crippen LogP contribution in [-0.4, -0.2) is 15.7 Å². The molecule has 0 saturated carbocycles. The number of aromatic nitrogens is 2. The first-order valence-electron chi connectivity index (χ1n) is 7.91. The Kier molecular flexibility index (Phi) is 5.79. The van der Waals surface area contributed by atoms with Crippen molar-refractivity contribution >= 4 is 35.0 Å². The van der Waals surface area contributed by atoms with Crippen LogP contribution in [0, 0.1) is 6.92 Å². The molecule has 25 heavy (non-hydrogen) atoms. The van der Waals surface area contributed by atoms with Gasteiger partial charge in [-0.05, 0) is 48.9 Å². The SMILES string of the molecule is Cc1cnn(CCC(=O)Nc2ccccc2Sc2ccc(Cl)cc2)c1. The third kappa shape index (κ3) is 5.11. The Morgan fingerprint density at radius 1 is 1.20 bits per heavy atom. The second-order valence-electron chi connectivity index (χ2n) is 5.63. The van der Waals surface area contributed by atoms with Crippen molar-refractivity contribution in [3.63, 3.8) is 0 Å². The molecule has 0 unspecified atom stereocenters. The molecule has 0 aliphatic heterocycles. The number of hydrogen-bond acceptors (Lipinski definition) is 3. The largest absolute Gasteiger partial charge is 0.325 e. The highest BCUT2D eigenvalue weighted by Crippen LogP contribution is 2.33. The van der Waals surface area contributed by atoms with Crippen molar-refractivity contribution in [3.05, 3.63) is 71.5 Å². The summed E-state index contributed by atoms with van der Waals surface area (Å²) in [6, 6.07) is 15.4. The number of carbonyl (C=O) groups is 1. The normalized spacial score (nSPS) is 10.6. The number of hydrogen-bond donors (Lipinski definition) is 1. The van der Waals surface area contributed by atoms with Crippen molar-refractivity contribution in [2.24, 2.45) is 0 Å². The molecule has 2 aromatic carbocycles. The summed E-state index contributed by atoms with van der Waals surface area (Å²) in [5.41, 5.74) is 1.90. The first-order chi connectivity index (χ1) is 12.1. The van der Waals surface area contributed by atoms with E-state index in [1.165, 1.54) is 0 Å². The lowest BCUT2D eigenvalue weighted by molar-refractivity contribution is -0.116. The van der Waals surface area contributed by atoms with Crippen LogP contribution in [0.2, 0.25) is 5.02 Å². The van der Waals surface area contributed by atoms with Gasteiger partial charge in [0, 0.05) is 34.0 Å². The van der Waals surface area contributed by atoms with Gasteiger partial charge in [-0.25, -0.2) is 0 Å². The van der Waals surface area contributed by atoms with Gasteiger partial charge in [-0.1, -0.05) is 35.5 Å². The van der Waals surface area contributed by atoms with E-state index in [1.807, 2.05) is 61.7 Å². The Hall–Kier alpha value is -2.24. The molecule has 0 aliphatic rings. The fourth-order valence-corrected chi connectivity index (χ4v) is 3.33. The maximum absolute atomic E-state index is 12.3. The molecule has 0 atom stereocenters. The molecule has 128 valence electrons. The zero-order chi connectivity index (χ0) is 17.6. The lowest BCUT2D eigenvalue weighted by Gasteiger charge is -2.11. The predicted octanol–water partition coefficient (Wildman–Crippen LogP) is 5.02. The van der Waals surface area contributed by atoms with Crippen LogP contribution in [0.1, 0.15) is 12.0 Å². The van der Waals surface area contributed by atoms with E-state index in [4.69, 9.17) is 11.6 Å². The van der Waals surface area contributed by atoms with Crippen LogP contribution < -0.4 is 5.32 Å². The third-order valence-electron chi connectivity index (χ3n) is 3.53. The van der Waals surface area contributed by atoms with Crippen molar-refractivity contribution in [2.45, 2.75) is 29.7 Å². The number of halogens is 1. The smallest absolute Gasteiger partial charge is 0.226 e. The maximum atomic E-state index is 12.3. The molecule has 3 aromatic rings. The van der Waals surface area contributed by atoms with Crippen LogP contribution >= 0.6 is 23.4 Å². The lowest BCUT2D eigenvalue weighted by atomic mass is 10.3. The molecule has 1 heterocycles. The van der Waals surface area contributed by atoms with Crippen LogP contribution in [0.5, 0.6) is 0 Å². The Bertz CT molecular complexity index is 861. The molecule has 3 rings (SSSR count). The van der Waals surface area contributed by atoms with Gasteiger partial charge in [-0.3, -0.25) is 9.48 Å². The van der Waals surface area contributed by atoms with E-state index < -0.39 is 0 Å². The summed E-state index contributed by atoms with van der Waals surface area (Å²) in [7, 11) is 0. The molecule has 0 spiro atoms. The van der Waals surface area contributed by atoms with Crippen LogP contribution in [-0.2, 0) is 11.3 Å². The summed E-state index contributed by atoms with van der Waals surface area (Å²) >= 11 is 7.52. The second-order valence-corrected chi connectivity index (χ2v) is 7.18. The predicted molar refractivity (Wildman–Crippen MR) is 102 cm³/mol. The van der Waals surface area contributed by atoms with E-state index in [0.717, 1.165) is 21.0 Å². The molecule has 1 aromatic heterocycles. The zero-order valence-electron chi connectivity index (χ0n) is 13.8. The highest BCUT2D eigenvalue weighted by molar-refractivity contribution is 7.99. The van der Waals surface area contributed by atoms with Gasteiger partial charge in [0.2, 0.25) is 5.91 Å². The van der Waals surface area contributed by atoms with Crippen LogP contribution in [0.4, 0.5) is 5.69 Å². The van der Waals surface area contributed by atoms with Gasteiger partial charge in [-0.15, -0.1) is 0 Å². The number of nitrogens with one attached hydrogen (secondary N) is 1. The van der Waals surface area contributed by atoms with E-state index in [-0.39, 0.29) is 5.91 Å². The molecular formula is C19H18ClN3OS. The highest BCUT2D eigenvalue weighted by Gasteiger charge is 2.08. The summed E-state index contributed by atoms with van der Waals surface area (Å²) in [4.78, 5) is 14.3. The summed E-state index contributed by atoms with van der Waals surface area (Å²) in [6.45, 7) is 2.54. The molecule has 0 fully saturated rings. The molecule has 0 saturated heterocycles. The lowest BCUT2D eigenvalue weighted by Crippen LogP contribution is -2.15. The molecule has 0 bridgehead atoms. The fraction of sp³-hybridized carbons (Fsp3) is 0.158. The summed E-state index contributed by atoms with van der Waals surface area (Å²) in [6.07, 6.45) is 4.09. The van der Waals surface area contributed by atoms with E-state index in [9.17, 15) is 4.79 Å². The molecule has 0 radical (unpaired) electrons.